The summed E-state index contributed by atoms with van der Waals surface area (Å²) >= 11 is 0. The lowest BCUT2D eigenvalue weighted by molar-refractivity contribution is -0.274. The van der Waals surface area contributed by atoms with Crippen LogP contribution in [0.1, 0.15) is 48.8 Å². The average molecular weight is 607 g/mol. The summed E-state index contributed by atoms with van der Waals surface area (Å²) in [7, 11) is 0. The van der Waals surface area contributed by atoms with Crippen LogP contribution in [0.5, 0.6) is 5.75 Å². The molecule has 0 aliphatic heterocycles. The van der Waals surface area contributed by atoms with Gasteiger partial charge in [-0.15, -0.1) is 13.2 Å². The summed E-state index contributed by atoms with van der Waals surface area (Å²) in [5.74, 6) is 1.54. The van der Waals surface area contributed by atoms with Gasteiger partial charge in [0.05, 0.1) is 6.20 Å². The molecule has 4 aliphatic rings. The number of anilines is 2. The molecule has 2 aromatic carbocycles. The van der Waals surface area contributed by atoms with E-state index in [4.69, 9.17) is 4.74 Å². The minimum Gasteiger partial charge on any atom is -0.445 e. The van der Waals surface area contributed by atoms with Crippen LogP contribution in [-0.2, 0) is 17.9 Å². The highest BCUT2D eigenvalue weighted by Gasteiger charge is 2.55. The van der Waals surface area contributed by atoms with Gasteiger partial charge in [0.15, 0.2) is 0 Å². The fraction of sp³-hybridized carbons (Fsp3) is 0.438. The first-order valence-corrected chi connectivity index (χ1v) is 14.7. The van der Waals surface area contributed by atoms with E-state index in [0.29, 0.717) is 30.1 Å². The zero-order chi connectivity index (χ0) is 30.7. The number of rotatable bonds is 10. The van der Waals surface area contributed by atoms with Gasteiger partial charge >= 0.3 is 12.5 Å². The van der Waals surface area contributed by atoms with E-state index in [-0.39, 0.29) is 53.5 Å². The molecule has 0 spiro atoms. The van der Waals surface area contributed by atoms with E-state index in [1.54, 1.807) is 6.07 Å². The van der Waals surface area contributed by atoms with E-state index >= 15 is 0 Å². The maximum absolute atomic E-state index is 12.8. The number of ether oxygens (including phenoxy) is 2. The zero-order valence-corrected chi connectivity index (χ0v) is 23.9. The van der Waals surface area contributed by atoms with Gasteiger partial charge in [0.2, 0.25) is 5.95 Å². The molecule has 3 N–H and O–H groups in total. The summed E-state index contributed by atoms with van der Waals surface area (Å²) in [6.45, 7) is 0.847. The maximum Gasteiger partial charge on any atom is 0.573 e. The van der Waals surface area contributed by atoms with E-state index < -0.39 is 6.36 Å². The molecule has 1 amide bonds. The quantitative estimate of drug-likeness (QED) is 0.243. The minimum atomic E-state index is -4.81. The van der Waals surface area contributed by atoms with Crippen LogP contribution in [0, 0.1) is 34.5 Å². The van der Waals surface area contributed by atoms with Crippen molar-refractivity contribution >= 4 is 17.9 Å². The molecule has 4 fully saturated rings. The van der Waals surface area contributed by atoms with Gasteiger partial charge in [-0.1, -0.05) is 48.5 Å². The zero-order valence-electron chi connectivity index (χ0n) is 23.9. The van der Waals surface area contributed by atoms with Gasteiger partial charge in [0.1, 0.15) is 29.8 Å². The monoisotopic (exact) mass is 606 g/mol. The van der Waals surface area contributed by atoms with Gasteiger partial charge in [0.25, 0.3) is 0 Å². The summed E-state index contributed by atoms with van der Waals surface area (Å²) in [6.07, 6.45) is 1.33. The van der Waals surface area contributed by atoms with Gasteiger partial charge in [-0.2, -0.15) is 10.2 Å². The molecule has 4 bridgehead atoms. The number of carbonyl (C=O) groups excluding carboxylic acids is 1. The third-order valence-corrected chi connectivity index (χ3v) is 9.07. The fourth-order valence-corrected chi connectivity index (χ4v) is 7.55. The Morgan fingerprint density at radius 2 is 1.75 bits per heavy atom. The molecule has 1 heterocycles. The number of benzene rings is 2. The lowest BCUT2D eigenvalue weighted by Gasteiger charge is -2.60. The highest BCUT2D eigenvalue weighted by molar-refractivity contribution is 5.67. The molecule has 3 unspecified atom stereocenters. The molecule has 0 radical (unpaired) electrons. The van der Waals surface area contributed by atoms with Crippen molar-refractivity contribution < 1.29 is 27.4 Å². The van der Waals surface area contributed by atoms with Gasteiger partial charge in [-0.05, 0) is 66.9 Å². The number of amides is 1. The van der Waals surface area contributed by atoms with Gasteiger partial charge < -0.3 is 25.4 Å². The van der Waals surface area contributed by atoms with E-state index in [1.165, 1.54) is 24.4 Å². The van der Waals surface area contributed by atoms with Crippen LogP contribution < -0.4 is 20.7 Å². The van der Waals surface area contributed by atoms with Crippen LogP contribution in [0.2, 0.25) is 0 Å². The number of aromatic nitrogens is 2. The largest absolute Gasteiger partial charge is 0.573 e. The number of nitrogens with one attached hydrogen (secondary N) is 3. The summed E-state index contributed by atoms with van der Waals surface area (Å²) in [5, 5.41) is 19.2. The first-order valence-electron chi connectivity index (χ1n) is 14.7. The Hall–Kier alpha value is -4.53. The Morgan fingerprint density at radius 1 is 1.02 bits per heavy atom. The van der Waals surface area contributed by atoms with Gasteiger partial charge in [-0.25, -0.2) is 9.78 Å². The molecule has 12 heteroatoms. The molecule has 230 valence electrons. The van der Waals surface area contributed by atoms with Crippen molar-refractivity contribution in [3.05, 3.63) is 77.5 Å². The molecule has 0 saturated heterocycles. The molecule has 3 aromatic rings. The lowest BCUT2D eigenvalue weighted by Crippen LogP contribution is -2.60. The molecule has 5 atom stereocenters. The molecule has 4 saturated carbocycles. The van der Waals surface area contributed by atoms with Crippen LogP contribution in [0.3, 0.4) is 0 Å². The summed E-state index contributed by atoms with van der Waals surface area (Å²) in [6, 6.07) is 17.7. The number of nitriles is 1. The maximum atomic E-state index is 12.8. The molecule has 1 aromatic heterocycles. The van der Waals surface area contributed by atoms with Crippen molar-refractivity contribution in [3.8, 4) is 11.8 Å². The van der Waals surface area contributed by atoms with Crippen molar-refractivity contribution in [2.24, 2.45) is 23.2 Å². The summed E-state index contributed by atoms with van der Waals surface area (Å²) in [5.41, 5.74) is 1.52. The number of nitrogens with zero attached hydrogens (tertiary/aromatic N) is 3. The van der Waals surface area contributed by atoms with Crippen molar-refractivity contribution in [2.45, 2.75) is 57.7 Å². The number of halogens is 3. The fourth-order valence-electron chi connectivity index (χ4n) is 7.55. The minimum absolute atomic E-state index is 0.00522. The SMILES string of the molecule is N#Cc1cnc(NCc2ccccc2OC(F)(F)F)nc1NCC12CC3C[C@H](C1)C(NC(=O)OCc1ccccc1)[C@@H](C3)C2. The van der Waals surface area contributed by atoms with Gasteiger partial charge in [-0.3, -0.25) is 0 Å². The summed E-state index contributed by atoms with van der Waals surface area (Å²) in [4.78, 5) is 21.3. The molecule has 44 heavy (non-hydrogen) atoms. The smallest absolute Gasteiger partial charge is 0.445 e. The second-order valence-corrected chi connectivity index (χ2v) is 12.1. The highest BCUT2D eigenvalue weighted by atomic mass is 19.4. The second kappa shape index (κ2) is 12.2. The Labute approximate surface area is 253 Å². The predicted molar refractivity (Wildman–Crippen MR) is 155 cm³/mol. The van der Waals surface area contributed by atoms with Gasteiger partial charge in [0, 0.05) is 24.7 Å². The first-order chi connectivity index (χ1) is 21.2. The van der Waals surface area contributed by atoms with E-state index in [2.05, 4.69) is 36.7 Å². The number of carbonyl (C=O) groups is 1. The topological polar surface area (TPSA) is 121 Å². The van der Waals surface area contributed by atoms with Crippen molar-refractivity contribution in [3.63, 3.8) is 0 Å². The van der Waals surface area contributed by atoms with E-state index in [9.17, 15) is 23.2 Å². The number of hydrogen-bond donors (Lipinski definition) is 3. The number of alkyl carbamates (subject to hydrolysis) is 1. The Morgan fingerprint density at radius 3 is 2.48 bits per heavy atom. The number of alkyl halides is 3. The molecule has 7 rings (SSSR count). The second-order valence-electron chi connectivity index (χ2n) is 12.1. The van der Waals surface area contributed by atoms with Crippen LogP contribution in [-0.4, -0.2) is 35.0 Å². The normalized spacial score (nSPS) is 25.1. The van der Waals surface area contributed by atoms with E-state index in [0.717, 1.165) is 37.7 Å². The molecular formula is C32H33F3N6O3. The molecule has 9 nitrogen and oxygen atoms in total. The third-order valence-electron chi connectivity index (χ3n) is 9.07. The third kappa shape index (κ3) is 6.82. The van der Waals surface area contributed by atoms with Crippen LogP contribution in [0.4, 0.5) is 29.7 Å². The molecular weight excluding hydrogens is 573 g/mol. The lowest BCUT2D eigenvalue weighted by atomic mass is 9.48. The van der Waals surface area contributed by atoms with Crippen molar-refractivity contribution in [1.29, 1.82) is 5.26 Å². The van der Waals surface area contributed by atoms with Crippen molar-refractivity contribution in [1.82, 2.24) is 15.3 Å². The van der Waals surface area contributed by atoms with Crippen LogP contribution in [0.25, 0.3) is 0 Å². The Bertz CT molecular complexity index is 1510. The predicted octanol–water partition coefficient (Wildman–Crippen LogP) is 6.39. The Kier molecular flexibility index (Phi) is 8.21. The first kappa shape index (κ1) is 29.5. The number of hydrogen-bond acceptors (Lipinski definition) is 8. The molecule has 4 aliphatic carbocycles. The standard InChI is InChI=1S/C32H33F3N6O3/c33-32(34,35)44-26-9-5-4-8-22(26)16-37-29-38-17-25(15-36)28(41-29)39-19-31-12-21-10-23(13-31)27(24(11-21)14-31)40-30(42)43-18-20-6-2-1-3-7-20/h1-9,17,21,23-24,27H,10-14,16,18-19H2,(H,40,42)(H2,37,38,39,41)/t21?,23-,24+,27?,31?. The Balaban J connectivity index is 1.07. The highest BCUT2D eigenvalue weighted by Crippen LogP contribution is 2.60. The van der Waals surface area contributed by atoms with E-state index in [1.807, 2.05) is 30.3 Å². The average Bonchev–Trinajstić information content (AvgIpc) is 3.00. The number of para-hydroxylation sites is 1. The van der Waals surface area contributed by atoms with Crippen LogP contribution >= 0.6 is 0 Å². The van der Waals surface area contributed by atoms with Crippen molar-refractivity contribution in [2.75, 3.05) is 17.2 Å². The summed E-state index contributed by atoms with van der Waals surface area (Å²) < 4.78 is 48.1. The van der Waals surface area contributed by atoms with Crippen LogP contribution in [0.15, 0.2) is 60.8 Å².